The molecule has 1 aromatic heterocycles. The average Bonchev–Trinajstić information content (AvgIpc) is 2.49. The first-order valence-electron chi connectivity index (χ1n) is 6.47. The highest BCUT2D eigenvalue weighted by molar-refractivity contribution is 6.33. The molecule has 0 unspecified atom stereocenters. The van der Waals surface area contributed by atoms with E-state index in [0.29, 0.717) is 28.6 Å². The molecule has 0 aliphatic rings. The third-order valence-electron chi connectivity index (χ3n) is 3.02. The van der Waals surface area contributed by atoms with E-state index in [9.17, 15) is 9.18 Å². The molecule has 0 aliphatic carbocycles. The lowest BCUT2D eigenvalue weighted by Crippen LogP contribution is -2.30. The van der Waals surface area contributed by atoms with E-state index in [1.165, 1.54) is 23.2 Å². The van der Waals surface area contributed by atoms with Crippen LogP contribution in [0.2, 0.25) is 5.02 Å². The Bertz CT molecular complexity index is 646. The number of hydrogen-bond donors (Lipinski definition) is 1. The van der Waals surface area contributed by atoms with Gasteiger partial charge in [0.2, 0.25) is 0 Å². The number of nitrogens with one attached hydrogen (secondary N) is 1. The first-order chi connectivity index (χ1) is 10.1. The molecule has 21 heavy (non-hydrogen) atoms. The van der Waals surface area contributed by atoms with Crippen LogP contribution in [0.5, 0.6) is 0 Å². The highest BCUT2D eigenvalue weighted by Gasteiger charge is 2.17. The predicted octanol–water partition coefficient (Wildman–Crippen LogP) is 3.58. The number of aromatic nitrogens is 1. The summed E-state index contributed by atoms with van der Waals surface area (Å²) in [4.78, 5) is 18.2. The molecule has 0 saturated carbocycles. The Morgan fingerprint density at radius 2 is 2.05 bits per heavy atom. The van der Waals surface area contributed by atoms with Gasteiger partial charge in [0.15, 0.2) is 0 Å². The van der Waals surface area contributed by atoms with Crippen LogP contribution in [0, 0.1) is 5.82 Å². The first kappa shape index (κ1) is 15.3. The quantitative estimate of drug-likeness (QED) is 0.939. The summed E-state index contributed by atoms with van der Waals surface area (Å²) in [6, 6.07) is 7.33. The van der Waals surface area contributed by atoms with Crippen molar-refractivity contribution in [1.82, 2.24) is 4.98 Å². The summed E-state index contributed by atoms with van der Waals surface area (Å²) in [5.41, 5.74) is 1.00. The van der Waals surface area contributed by atoms with Gasteiger partial charge in [-0.15, -0.1) is 0 Å². The number of rotatable bonds is 4. The van der Waals surface area contributed by atoms with Crippen molar-refractivity contribution >= 4 is 29.0 Å². The Morgan fingerprint density at radius 1 is 1.38 bits per heavy atom. The van der Waals surface area contributed by atoms with Crippen LogP contribution in [-0.4, -0.2) is 24.5 Å². The van der Waals surface area contributed by atoms with E-state index in [0.717, 1.165) is 0 Å². The van der Waals surface area contributed by atoms with E-state index in [1.807, 2.05) is 6.92 Å². The fourth-order valence-corrected chi connectivity index (χ4v) is 2.22. The van der Waals surface area contributed by atoms with E-state index in [4.69, 9.17) is 11.6 Å². The summed E-state index contributed by atoms with van der Waals surface area (Å²) in [5.74, 6) is -0.0652. The molecule has 1 heterocycles. The molecule has 4 nitrogen and oxygen atoms in total. The third kappa shape index (κ3) is 3.31. The third-order valence-corrected chi connectivity index (χ3v) is 3.31. The molecule has 0 saturated heterocycles. The molecule has 110 valence electrons. The topological polar surface area (TPSA) is 45.2 Å². The van der Waals surface area contributed by atoms with Gasteiger partial charge in [-0.2, -0.15) is 0 Å². The highest BCUT2D eigenvalue weighted by atomic mass is 35.5. The average molecular weight is 308 g/mol. The van der Waals surface area contributed by atoms with Crippen LogP contribution >= 0.6 is 11.6 Å². The fourth-order valence-electron chi connectivity index (χ4n) is 1.96. The predicted molar refractivity (Wildman–Crippen MR) is 82.5 cm³/mol. The number of carbonyl (C=O) groups excluding carboxylic acids is 1. The molecule has 6 heteroatoms. The summed E-state index contributed by atoms with van der Waals surface area (Å²) in [6.07, 6.45) is 1.46. The van der Waals surface area contributed by atoms with Gasteiger partial charge in [0.1, 0.15) is 11.6 Å². The zero-order chi connectivity index (χ0) is 15.4. The lowest BCUT2D eigenvalue weighted by atomic mass is 10.2. The van der Waals surface area contributed by atoms with Crippen molar-refractivity contribution < 1.29 is 9.18 Å². The van der Waals surface area contributed by atoms with Crippen molar-refractivity contribution in [3.05, 3.63) is 52.9 Å². The van der Waals surface area contributed by atoms with Gasteiger partial charge in [-0.3, -0.25) is 4.79 Å². The van der Waals surface area contributed by atoms with E-state index in [1.54, 1.807) is 25.2 Å². The zero-order valence-electron chi connectivity index (χ0n) is 11.7. The number of carbonyl (C=O) groups is 1. The normalized spacial score (nSPS) is 10.3. The molecule has 0 atom stereocenters. The Labute approximate surface area is 127 Å². The standard InChI is InChI=1S/C15H15ClFN3O/c1-3-20(12-6-4-11(17)5-7-12)15(21)10-8-13(16)14(18-2)19-9-10/h4-9H,3H2,1-2H3,(H,18,19). The summed E-state index contributed by atoms with van der Waals surface area (Å²) in [7, 11) is 1.70. The molecular weight excluding hydrogens is 293 g/mol. The van der Waals surface area contributed by atoms with Crippen molar-refractivity contribution in [2.45, 2.75) is 6.92 Å². The highest BCUT2D eigenvalue weighted by Crippen LogP contribution is 2.22. The lowest BCUT2D eigenvalue weighted by molar-refractivity contribution is 0.0988. The summed E-state index contributed by atoms with van der Waals surface area (Å²) in [5, 5.41) is 3.21. The van der Waals surface area contributed by atoms with E-state index in [2.05, 4.69) is 10.3 Å². The molecule has 2 aromatic rings. The second-order valence-corrected chi connectivity index (χ2v) is 4.74. The van der Waals surface area contributed by atoms with Gasteiger partial charge in [0, 0.05) is 25.5 Å². The van der Waals surface area contributed by atoms with Gasteiger partial charge in [-0.25, -0.2) is 9.37 Å². The monoisotopic (exact) mass is 307 g/mol. The van der Waals surface area contributed by atoms with Crippen LogP contribution in [0.3, 0.4) is 0 Å². The van der Waals surface area contributed by atoms with Crippen LogP contribution in [0.1, 0.15) is 17.3 Å². The fraction of sp³-hybridized carbons (Fsp3) is 0.200. The molecule has 0 aliphatic heterocycles. The minimum Gasteiger partial charge on any atom is -0.372 e. The zero-order valence-corrected chi connectivity index (χ0v) is 12.5. The molecular formula is C15H15ClFN3O. The molecule has 0 fully saturated rings. The summed E-state index contributed by atoms with van der Waals surface area (Å²) < 4.78 is 13.0. The van der Waals surface area contributed by atoms with Crippen molar-refractivity contribution in [1.29, 1.82) is 0 Å². The molecule has 0 bridgehead atoms. The Kier molecular flexibility index (Phi) is 4.75. The van der Waals surface area contributed by atoms with Crippen molar-refractivity contribution in [2.75, 3.05) is 23.8 Å². The first-order valence-corrected chi connectivity index (χ1v) is 6.85. The van der Waals surface area contributed by atoms with Gasteiger partial charge in [-0.1, -0.05) is 11.6 Å². The molecule has 1 N–H and O–H groups in total. The number of benzene rings is 1. The smallest absolute Gasteiger partial charge is 0.259 e. The Balaban J connectivity index is 2.32. The molecule has 1 amide bonds. The van der Waals surface area contributed by atoms with Crippen LogP contribution < -0.4 is 10.2 Å². The van der Waals surface area contributed by atoms with E-state index < -0.39 is 0 Å². The number of halogens is 2. The van der Waals surface area contributed by atoms with Crippen molar-refractivity contribution in [3.8, 4) is 0 Å². The number of nitrogens with zero attached hydrogens (tertiary/aromatic N) is 2. The van der Waals surface area contributed by atoms with Gasteiger partial charge in [0.25, 0.3) is 5.91 Å². The number of pyridine rings is 1. The number of anilines is 2. The molecule has 2 rings (SSSR count). The van der Waals surface area contributed by atoms with E-state index in [-0.39, 0.29) is 11.7 Å². The SMILES string of the molecule is CCN(C(=O)c1cnc(NC)c(Cl)c1)c1ccc(F)cc1. The van der Waals surface area contributed by atoms with Crippen LogP contribution in [0.25, 0.3) is 0 Å². The Hall–Kier alpha value is -2.14. The van der Waals surface area contributed by atoms with Gasteiger partial charge >= 0.3 is 0 Å². The van der Waals surface area contributed by atoms with E-state index >= 15 is 0 Å². The second kappa shape index (κ2) is 6.54. The Morgan fingerprint density at radius 3 is 2.57 bits per heavy atom. The lowest BCUT2D eigenvalue weighted by Gasteiger charge is -2.21. The second-order valence-electron chi connectivity index (χ2n) is 4.33. The molecule has 0 radical (unpaired) electrons. The van der Waals surface area contributed by atoms with Crippen LogP contribution in [0.4, 0.5) is 15.9 Å². The summed E-state index contributed by atoms with van der Waals surface area (Å²) >= 11 is 6.04. The largest absolute Gasteiger partial charge is 0.372 e. The molecule has 0 spiro atoms. The van der Waals surface area contributed by atoms with Crippen molar-refractivity contribution in [2.24, 2.45) is 0 Å². The van der Waals surface area contributed by atoms with Gasteiger partial charge in [0.05, 0.1) is 10.6 Å². The van der Waals surface area contributed by atoms with Crippen molar-refractivity contribution in [3.63, 3.8) is 0 Å². The van der Waals surface area contributed by atoms with Gasteiger partial charge in [-0.05, 0) is 37.3 Å². The maximum atomic E-state index is 13.0. The summed E-state index contributed by atoms with van der Waals surface area (Å²) in [6.45, 7) is 2.30. The molecule has 1 aromatic carbocycles. The van der Waals surface area contributed by atoms with Crippen LogP contribution in [0.15, 0.2) is 36.5 Å². The number of amides is 1. The number of hydrogen-bond acceptors (Lipinski definition) is 3. The maximum Gasteiger partial charge on any atom is 0.259 e. The van der Waals surface area contributed by atoms with Gasteiger partial charge < -0.3 is 10.2 Å². The maximum absolute atomic E-state index is 13.0. The minimum atomic E-state index is -0.342. The van der Waals surface area contributed by atoms with Crippen LogP contribution in [-0.2, 0) is 0 Å². The minimum absolute atomic E-state index is 0.235.